The summed E-state index contributed by atoms with van der Waals surface area (Å²) in [6.07, 6.45) is 1.27. The number of carbonyl (C=O) groups excluding carboxylic acids is 1. The Hall–Kier alpha value is -0.570. The van der Waals surface area contributed by atoms with Gasteiger partial charge in [-0.2, -0.15) is 0 Å². The molecule has 0 spiro atoms. The van der Waals surface area contributed by atoms with Gasteiger partial charge in [-0.05, 0) is 27.2 Å². The number of esters is 1. The van der Waals surface area contributed by atoms with Crippen LogP contribution in [0.3, 0.4) is 0 Å². The standard InChI is InChI=1S/C9H18O3/c1-7(2)12-9(10)6-5-8(3)11-4/h7-8H,5-6H2,1-4H3. The summed E-state index contributed by atoms with van der Waals surface area (Å²) in [5, 5.41) is 0. The van der Waals surface area contributed by atoms with Crippen molar-refractivity contribution in [2.24, 2.45) is 0 Å². The van der Waals surface area contributed by atoms with Crippen LogP contribution in [-0.2, 0) is 14.3 Å². The van der Waals surface area contributed by atoms with Crippen LogP contribution >= 0.6 is 0 Å². The van der Waals surface area contributed by atoms with Crippen LogP contribution in [0.15, 0.2) is 0 Å². The first kappa shape index (κ1) is 11.4. The summed E-state index contributed by atoms with van der Waals surface area (Å²) in [6, 6.07) is 0. The molecule has 3 nitrogen and oxygen atoms in total. The Kier molecular flexibility index (Phi) is 5.72. The smallest absolute Gasteiger partial charge is 0.306 e. The van der Waals surface area contributed by atoms with Gasteiger partial charge >= 0.3 is 5.97 Å². The molecule has 72 valence electrons. The van der Waals surface area contributed by atoms with Crippen molar-refractivity contribution in [3.05, 3.63) is 0 Å². The molecule has 0 aromatic rings. The van der Waals surface area contributed by atoms with E-state index in [1.807, 2.05) is 20.8 Å². The highest BCUT2D eigenvalue weighted by Gasteiger charge is 2.07. The van der Waals surface area contributed by atoms with E-state index in [4.69, 9.17) is 9.47 Å². The van der Waals surface area contributed by atoms with Crippen LogP contribution in [0.4, 0.5) is 0 Å². The third-order valence-electron chi connectivity index (χ3n) is 1.52. The average Bonchev–Trinajstić information content (AvgIpc) is 1.99. The van der Waals surface area contributed by atoms with Crippen molar-refractivity contribution in [2.75, 3.05) is 7.11 Å². The number of carbonyl (C=O) groups is 1. The SMILES string of the molecule is COC(C)CCC(=O)OC(C)C. The average molecular weight is 174 g/mol. The van der Waals surface area contributed by atoms with Crippen molar-refractivity contribution in [2.45, 2.75) is 45.8 Å². The van der Waals surface area contributed by atoms with Gasteiger partial charge in [0.2, 0.25) is 0 Å². The van der Waals surface area contributed by atoms with Crippen molar-refractivity contribution < 1.29 is 14.3 Å². The topological polar surface area (TPSA) is 35.5 Å². The summed E-state index contributed by atoms with van der Waals surface area (Å²) in [7, 11) is 1.64. The van der Waals surface area contributed by atoms with Crippen molar-refractivity contribution >= 4 is 5.97 Å². The third kappa shape index (κ3) is 6.16. The summed E-state index contributed by atoms with van der Waals surface area (Å²) >= 11 is 0. The van der Waals surface area contributed by atoms with Crippen molar-refractivity contribution in [1.29, 1.82) is 0 Å². The maximum absolute atomic E-state index is 11.0. The predicted molar refractivity (Wildman–Crippen MR) is 46.9 cm³/mol. The lowest BCUT2D eigenvalue weighted by Crippen LogP contribution is -2.14. The highest BCUT2D eigenvalue weighted by Crippen LogP contribution is 2.02. The van der Waals surface area contributed by atoms with Crippen LogP contribution in [0.2, 0.25) is 0 Å². The van der Waals surface area contributed by atoms with Gasteiger partial charge in [-0.3, -0.25) is 4.79 Å². The lowest BCUT2D eigenvalue weighted by Gasteiger charge is -2.10. The fourth-order valence-electron chi connectivity index (χ4n) is 0.761. The van der Waals surface area contributed by atoms with Crippen LogP contribution in [0.1, 0.15) is 33.6 Å². The van der Waals surface area contributed by atoms with E-state index >= 15 is 0 Å². The van der Waals surface area contributed by atoms with Gasteiger partial charge in [-0.25, -0.2) is 0 Å². The van der Waals surface area contributed by atoms with E-state index in [0.717, 1.165) is 6.42 Å². The Morgan fingerprint density at radius 2 is 1.92 bits per heavy atom. The van der Waals surface area contributed by atoms with Gasteiger partial charge in [0, 0.05) is 13.5 Å². The summed E-state index contributed by atoms with van der Waals surface area (Å²) in [4.78, 5) is 11.0. The van der Waals surface area contributed by atoms with Gasteiger partial charge in [0.15, 0.2) is 0 Å². The Morgan fingerprint density at radius 1 is 1.33 bits per heavy atom. The van der Waals surface area contributed by atoms with Gasteiger partial charge in [0.25, 0.3) is 0 Å². The molecule has 1 unspecified atom stereocenters. The molecule has 0 aromatic carbocycles. The van der Waals surface area contributed by atoms with Gasteiger partial charge in [-0.15, -0.1) is 0 Å². The third-order valence-corrected chi connectivity index (χ3v) is 1.52. The summed E-state index contributed by atoms with van der Waals surface area (Å²) in [5.74, 6) is -0.145. The van der Waals surface area contributed by atoms with Crippen molar-refractivity contribution in [1.82, 2.24) is 0 Å². The molecule has 0 aliphatic rings. The number of rotatable bonds is 5. The van der Waals surface area contributed by atoms with E-state index in [9.17, 15) is 4.79 Å². The Bertz CT molecular complexity index is 132. The first-order chi connectivity index (χ1) is 5.56. The molecule has 0 amide bonds. The normalized spacial score (nSPS) is 13.1. The van der Waals surface area contributed by atoms with Crippen molar-refractivity contribution in [3.8, 4) is 0 Å². The fraction of sp³-hybridized carbons (Fsp3) is 0.889. The van der Waals surface area contributed by atoms with Crippen LogP contribution in [-0.4, -0.2) is 25.3 Å². The molecule has 0 bridgehead atoms. The molecule has 0 N–H and O–H groups in total. The Balaban J connectivity index is 3.44. The maximum Gasteiger partial charge on any atom is 0.306 e. The monoisotopic (exact) mass is 174 g/mol. The number of methoxy groups -OCH3 is 1. The minimum atomic E-state index is -0.145. The molecule has 0 aromatic heterocycles. The quantitative estimate of drug-likeness (QED) is 0.596. The van der Waals surface area contributed by atoms with Crippen LogP contribution in [0.5, 0.6) is 0 Å². The van der Waals surface area contributed by atoms with E-state index in [2.05, 4.69) is 0 Å². The van der Waals surface area contributed by atoms with E-state index in [-0.39, 0.29) is 18.2 Å². The second kappa shape index (κ2) is 6.00. The molecule has 1 atom stereocenters. The first-order valence-electron chi connectivity index (χ1n) is 4.28. The largest absolute Gasteiger partial charge is 0.463 e. The molecule has 0 rings (SSSR count). The highest BCUT2D eigenvalue weighted by molar-refractivity contribution is 5.69. The second-order valence-corrected chi connectivity index (χ2v) is 3.12. The number of hydrogen-bond acceptors (Lipinski definition) is 3. The molecule has 0 aliphatic carbocycles. The molecule has 12 heavy (non-hydrogen) atoms. The van der Waals surface area contributed by atoms with Gasteiger partial charge in [0.1, 0.15) is 0 Å². The van der Waals surface area contributed by atoms with Crippen molar-refractivity contribution in [3.63, 3.8) is 0 Å². The maximum atomic E-state index is 11.0. The van der Waals surface area contributed by atoms with Crippen LogP contribution in [0.25, 0.3) is 0 Å². The van der Waals surface area contributed by atoms with Gasteiger partial charge in [-0.1, -0.05) is 0 Å². The molecule has 3 heteroatoms. The van der Waals surface area contributed by atoms with E-state index < -0.39 is 0 Å². The highest BCUT2D eigenvalue weighted by atomic mass is 16.5. The molecular weight excluding hydrogens is 156 g/mol. The molecule has 0 radical (unpaired) electrons. The van der Waals surface area contributed by atoms with Gasteiger partial charge < -0.3 is 9.47 Å². The van der Waals surface area contributed by atoms with E-state index in [1.54, 1.807) is 7.11 Å². The van der Waals surface area contributed by atoms with Gasteiger partial charge in [0.05, 0.1) is 12.2 Å². The Labute approximate surface area is 74.0 Å². The van der Waals surface area contributed by atoms with E-state index in [1.165, 1.54) is 0 Å². The Morgan fingerprint density at radius 3 is 2.33 bits per heavy atom. The molecule has 0 saturated carbocycles. The summed E-state index contributed by atoms with van der Waals surface area (Å²) in [5.41, 5.74) is 0. The lowest BCUT2D eigenvalue weighted by molar-refractivity contribution is -0.148. The minimum Gasteiger partial charge on any atom is -0.463 e. The second-order valence-electron chi connectivity index (χ2n) is 3.12. The zero-order valence-electron chi connectivity index (χ0n) is 8.29. The molecular formula is C9H18O3. The van der Waals surface area contributed by atoms with Crippen LogP contribution in [0, 0.1) is 0 Å². The number of ether oxygens (including phenoxy) is 2. The lowest BCUT2D eigenvalue weighted by atomic mass is 10.2. The minimum absolute atomic E-state index is 0.0182. The molecule has 0 heterocycles. The molecule has 0 saturated heterocycles. The summed E-state index contributed by atoms with van der Waals surface area (Å²) < 4.78 is 9.95. The fourth-order valence-corrected chi connectivity index (χ4v) is 0.761. The number of hydrogen-bond donors (Lipinski definition) is 0. The zero-order chi connectivity index (χ0) is 9.56. The predicted octanol–water partition coefficient (Wildman–Crippen LogP) is 1.75. The molecule has 0 aliphatic heterocycles. The van der Waals surface area contributed by atoms with Crippen LogP contribution < -0.4 is 0 Å². The van der Waals surface area contributed by atoms with E-state index in [0.29, 0.717) is 6.42 Å². The first-order valence-corrected chi connectivity index (χ1v) is 4.28. The summed E-state index contributed by atoms with van der Waals surface area (Å²) in [6.45, 7) is 5.62. The molecule has 0 fully saturated rings. The zero-order valence-corrected chi connectivity index (χ0v) is 8.29.